The van der Waals surface area contributed by atoms with Crippen molar-refractivity contribution in [2.75, 3.05) is 5.32 Å². The van der Waals surface area contributed by atoms with Gasteiger partial charge in [-0.25, -0.2) is 9.67 Å². The summed E-state index contributed by atoms with van der Waals surface area (Å²) in [5.41, 5.74) is 7.18. The Kier molecular flexibility index (Phi) is 5.82. The van der Waals surface area contributed by atoms with E-state index in [1.165, 1.54) is 10.9 Å². The number of hydrogen-bond donors (Lipinski definition) is 2. The third-order valence-electron chi connectivity index (χ3n) is 4.99. The second kappa shape index (κ2) is 8.86. The fourth-order valence-electron chi connectivity index (χ4n) is 3.29. The van der Waals surface area contributed by atoms with Crippen LogP contribution in [-0.2, 0) is 13.6 Å². The Morgan fingerprint density at radius 3 is 2.56 bits per heavy atom. The van der Waals surface area contributed by atoms with E-state index < -0.39 is 11.5 Å². The lowest BCUT2D eigenvalue weighted by atomic mass is 10.2. The van der Waals surface area contributed by atoms with Crippen LogP contribution in [0.2, 0.25) is 0 Å². The normalized spacial score (nSPS) is 10.7. The maximum absolute atomic E-state index is 13.0. The molecule has 9 nitrogen and oxygen atoms in total. The first-order valence-electron chi connectivity index (χ1n) is 9.92. The lowest BCUT2D eigenvalue weighted by Gasteiger charge is -2.08. The van der Waals surface area contributed by atoms with E-state index >= 15 is 0 Å². The molecule has 4 rings (SSSR count). The number of nitrogens with one attached hydrogen (secondary N) is 1. The standard InChI is InChI=1S/C23H22N6O3/c1-15-21(23(31)29(28(15)2)17-6-4-3-5-7-17)22(30)27-20-9-8-19(14-26-20)32-18-10-11-25-16(12-18)13-24/h3-12,14H,13,24H2,1-2H3,(H,26,27,30). The van der Waals surface area contributed by atoms with Gasteiger partial charge in [0, 0.05) is 25.9 Å². The average Bonchev–Trinajstić information content (AvgIpc) is 3.03. The number of hydrogen-bond acceptors (Lipinski definition) is 6. The van der Waals surface area contributed by atoms with E-state index in [-0.39, 0.29) is 5.56 Å². The zero-order valence-electron chi connectivity index (χ0n) is 17.6. The maximum Gasteiger partial charge on any atom is 0.284 e. The van der Waals surface area contributed by atoms with Crippen molar-refractivity contribution in [1.82, 2.24) is 19.3 Å². The highest BCUT2D eigenvalue weighted by atomic mass is 16.5. The van der Waals surface area contributed by atoms with E-state index in [0.717, 1.165) is 0 Å². The summed E-state index contributed by atoms with van der Waals surface area (Å²) in [4.78, 5) is 34.2. The van der Waals surface area contributed by atoms with Gasteiger partial charge in [-0.3, -0.25) is 19.3 Å². The molecule has 0 aliphatic heterocycles. The number of para-hydroxylation sites is 1. The van der Waals surface area contributed by atoms with Crippen LogP contribution in [0.5, 0.6) is 11.5 Å². The zero-order chi connectivity index (χ0) is 22.7. The van der Waals surface area contributed by atoms with E-state index in [9.17, 15) is 9.59 Å². The number of carbonyl (C=O) groups is 1. The lowest BCUT2D eigenvalue weighted by molar-refractivity contribution is 0.102. The Morgan fingerprint density at radius 1 is 1.09 bits per heavy atom. The second-order valence-electron chi connectivity index (χ2n) is 7.06. The summed E-state index contributed by atoms with van der Waals surface area (Å²) in [5, 5.41) is 2.68. The van der Waals surface area contributed by atoms with Gasteiger partial charge >= 0.3 is 0 Å². The van der Waals surface area contributed by atoms with Crippen LogP contribution in [0.25, 0.3) is 5.69 Å². The lowest BCUT2D eigenvalue weighted by Crippen LogP contribution is -2.25. The first-order valence-corrected chi connectivity index (χ1v) is 9.92. The monoisotopic (exact) mass is 430 g/mol. The van der Waals surface area contributed by atoms with E-state index in [1.54, 1.807) is 49.1 Å². The average molecular weight is 430 g/mol. The Morgan fingerprint density at radius 2 is 1.88 bits per heavy atom. The predicted molar refractivity (Wildman–Crippen MR) is 120 cm³/mol. The fraction of sp³-hybridized carbons (Fsp3) is 0.130. The molecule has 0 aliphatic rings. The van der Waals surface area contributed by atoms with Gasteiger partial charge in [0.2, 0.25) is 0 Å². The third-order valence-corrected chi connectivity index (χ3v) is 4.99. The molecule has 32 heavy (non-hydrogen) atoms. The minimum atomic E-state index is -0.527. The number of carbonyl (C=O) groups excluding carboxylic acids is 1. The highest BCUT2D eigenvalue weighted by Gasteiger charge is 2.22. The molecule has 0 fully saturated rings. The summed E-state index contributed by atoms with van der Waals surface area (Å²) in [6.45, 7) is 2.04. The summed E-state index contributed by atoms with van der Waals surface area (Å²) in [7, 11) is 1.74. The van der Waals surface area contributed by atoms with E-state index in [0.29, 0.717) is 40.9 Å². The second-order valence-corrected chi connectivity index (χ2v) is 7.06. The molecular weight excluding hydrogens is 408 g/mol. The predicted octanol–water partition coefficient (Wildman–Crippen LogP) is 2.78. The minimum absolute atomic E-state index is 0.0598. The van der Waals surface area contributed by atoms with Crippen molar-refractivity contribution in [2.24, 2.45) is 12.8 Å². The number of nitrogens with zero attached hydrogens (tertiary/aromatic N) is 4. The Bertz CT molecular complexity index is 1310. The summed E-state index contributed by atoms with van der Waals surface area (Å²) >= 11 is 0. The number of pyridine rings is 2. The first-order chi connectivity index (χ1) is 15.5. The van der Waals surface area contributed by atoms with Crippen molar-refractivity contribution in [2.45, 2.75) is 13.5 Å². The van der Waals surface area contributed by atoms with Crippen molar-refractivity contribution in [3.8, 4) is 17.2 Å². The molecule has 0 bridgehead atoms. The number of rotatable bonds is 6. The SMILES string of the molecule is Cc1c(C(=O)Nc2ccc(Oc3ccnc(CN)c3)cn2)c(=O)n(-c2ccccc2)n1C. The topological polar surface area (TPSA) is 117 Å². The Hall–Kier alpha value is -4.24. The summed E-state index contributed by atoms with van der Waals surface area (Å²) in [6.07, 6.45) is 3.10. The van der Waals surface area contributed by atoms with Gasteiger partial charge in [-0.05, 0) is 37.3 Å². The Balaban J connectivity index is 1.53. The first kappa shape index (κ1) is 21.0. The summed E-state index contributed by atoms with van der Waals surface area (Å²) < 4.78 is 8.86. The molecule has 162 valence electrons. The van der Waals surface area contributed by atoms with Crippen molar-refractivity contribution in [3.05, 3.63) is 94.3 Å². The number of benzene rings is 1. The largest absolute Gasteiger partial charge is 0.456 e. The molecule has 1 amide bonds. The van der Waals surface area contributed by atoms with Crippen molar-refractivity contribution in [3.63, 3.8) is 0 Å². The van der Waals surface area contributed by atoms with E-state index in [4.69, 9.17) is 10.5 Å². The van der Waals surface area contributed by atoms with Crippen LogP contribution in [0.4, 0.5) is 5.82 Å². The molecule has 0 unspecified atom stereocenters. The smallest absolute Gasteiger partial charge is 0.284 e. The molecule has 0 saturated carbocycles. The van der Waals surface area contributed by atoms with Crippen LogP contribution in [0.15, 0.2) is 71.8 Å². The zero-order valence-corrected chi connectivity index (χ0v) is 17.6. The van der Waals surface area contributed by atoms with Gasteiger partial charge in [0.15, 0.2) is 0 Å². The molecule has 0 aliphatic carbocycles. The van der Waals surface area contributed by atoms with Crippen molar-refractivity contribution < 1.29 is 9.53 Å². The van der Waals surface area contributed by atoms with Crippen molar-refractivity contribution >= 4 is 11.7 Å². The maximum atomic E-state index is 13.0. The van der Waals surface area contributed by atoms with Crippen LogP contribution in [-0.4, -0.2) is 25.2 Å². The highest BCUT2D eigenvalue weighted by molar-refractivity contribution is 6.04. The van der Waals surface area contributed by atoms with Crippen LogP contribution >= 0.6 is 0 Å². The molecule has 3 aromatic heterocycles. The number of anilines is 1. The molecule has 3 N–H and O–H groups in total. The van der Waals surface area contributed by atoms with Crippen molar-refractivity contribution in [1.29, 1.82) is 0 Å². The quantitative estimate of drug-likeness (QED) is 0.486. The fourth-order valence-corrected chi connectivity index (χ4v) is 3.29. The van der Waals surface area contributed by atoms with E-state index in [2.05, 4.69) is 15.3 Å². The summed E-state index contributed by atoms with van der Waals surface area (Å²) in [6, 6.07) is 15.9. The van der Waals surface area contributed by atoms with E-state index in [1.807, 2.05) is 30.3 Å². The molecule has 0 saturated heterocycles. The molecular formula is C23H22N6O3. The molecule has 0 radical (unpaired) electrons. The van der Waals surface area contributed by atoms with Gasteiger partial charge in [0.05, 0.1) is 23.3 Å². The van der Waals surface area contributed by atoms with Gasteiger partial charge in [0.25, 0.3) is 11.5 Å². The number of aromatic nitrogens is 4. The van der Waals surface area contributed by atoms with Crippen LogP contribution in [0.3, 0.4) is 0 Å². The van der Waals surface area contributed by atoms with Gasteiger partial charge in [-0.15, -0.1) is 0 Å². The number of nitrogens with two attached hydrogens (primary N) is 1. The molecule has 4 aromatic rings. The summed E-state index contributed by atoms with van der Waals surface area (Å²) in [5.74, 6) is 0.842. The molecule has 0 atom stereocenters. The third kappa shape index (κ3) is 4.14. The molecule has 0 spiro atoms. The van der Waals surface area contributed by atoms with Gasteiger partial charge in [-0.1, -0.05) is 18.2 Å². The van der Waals surface area contributed by atoms with Gasteiger partial charge in [-0.2, -0.15) is 0 Å². The molecule has 1 aromatic carbocycles. The van der Waals surface area contributed by atoms with Gasteiger partial charge < -0.3 is 15.8 Å². The highest BCUT2D eigenvalue weighted by Crippen LogP contribution is 2.22. The van der Waals surface area contributed by atoms with Gasteiger partial charge in [0.1, 0.15) is 22.9 Å². The molecule has 3 heterocycles. The molecule has 9 heteroatoms. The number of ether oxygens (including phenoxy) is 1. The van der Waals surface area contributed by atoms with Crippen LogP contribution in [0.1, 0.15) is 21.7 Å². The minimum Gasteiger partial charge on any atom is -0.456 e. The number of amides is 1. The van der Waals surface area contributed by atoms with Crippen LogP contribution < -0.4 is 21.3 Å². The van der Waals surface area contributed by atoms with Crippen LogP contribution in [0, 0.1) is 6.92 Å². The Labute approximate surface area is 184 Å².